The van der Waals surface area contributed by atoms with Crippen molar-refractivity contribution in [2.45, 2.75) is 322 Å². The Morgan fingerprint density at radius 1 is 0.208 bits per heavy atom. The van der Waals surface area contributed by atoms with Crippen molar-refractivity contribution in [3.63, 3.8) is 0 Å². The number of rotatable bonds is 46. The van der Waals surface area contributed by atoms with Gasteiger partial charge in [0.2, 0.25) is 0 Å². The molecule has 0 atom stereocenters. The molecule has 0 aromatic rings. The number of hydrogen-bond acceptors (Lipinski definition) is 1. The first-order valence-corrected chi connectivity index (χ1v) is 31.8. The van der Waals surface area contributed by atoms with Crippen LogP contribution in [0.4, 0.5) is 0 Å². The number of hydrogen-bond donors (Lipinski definition) is 0. The lowest BCUT2D eigenvalue weighted by Crippen LogP contribution is -2.44. The van der Waals surface area contributed by atoms with Gasteiger partial charge >= 0.3 is 0 Å². The van der Waals surface area contributed by atoms with Crippen LogP contribution in [0, 0.1) is 0 Å². The molecule has 0 bridgehead atoms. The van der Waals surface area contributed by atoms with Crippen LogP contribution in [0.2, 0.25) is 38.3 Å². The van der Waals surface area contributed by atoms with Crippen LogP contribution in [-0.4, -0.2) is 16.6 Å². The molecular formula is C50H106OSi2. The Morgan fingerprint density at radius 2 is 0.340 bits per heavy atom. The second-order valence-corrected chi connectivity index (χ2v) is 28.1. The molecule has 1 nitrogen and oxygen atoms in total. The minimum Gasteiger partial charge on any atom is -0.455 e. The van der Waals surface area contributed by atoms with Crippen molar-refractivity contribution in [3.05, 3.63) is 0 Å². The molecule has 0 fully saturated rings. The summed E-state index contributed by atoms with van der Waals surface area (Å²) in [7, 11) is -3.02. The fourth-order valence-corrected chi connectivity index (χ4v) is 17.8. The normalized spacial score (nSPS) is 12.3. The summed E-state index contributed by atoms with van der Waals surface area (Å²) < 4.78 is 6.99. The quantitative estimate of drug-likeness (QED) is 0.0442. The van der Waals surface area contributed by atoms with E-state index in [0.29, 0.717) is 0 Å². The molecule has 0 aliphatic carbocycles. The van der Waals surface area contributed by atoms with E-state index in [1.54, 1.807) is 0 Å². The van der Waals surface area contributed by atoms with Gasteiger partial charge in [0.1, 0.15) is 0 Å². The van der Waals surface area contributed by atoms with Crippen LogP contribution in [-0.2, 0) is 4.12 Å². The molecule has 0 aliphatic heterocycles. The molecule has 0 unspecified atom stereocenters. The molecule has 3 heteroatoms. The molecule has 0 rings (SSSR count). The first-order chi connectivity index (χ1) is 25.8. The Bertz CT molecular complexity index is 620. The molecular weight excluding hydrogens is 673 g/mol. The molecule has 0 spiro atoms. The van der Waals surface area contributed by atoms with E-state index in [0.717, 1.165) is 0 Å². The Balaban J connectivity index is 3.44. The smallest absolute Gasteiger partial charge is 0.173 e. The highest BCUT2D eigenvalue weighted by atomic mass is 28.4. The van der Waals surface area contributed by atoms with Crippen molar-refractivity contribution in [2.24, 2.45) is 0 Å². The molecule has 0 saturated heterocycles. The van der Waals surface area contributed by atoms with E-state index in [2.05, 4.69) is 40.0 Å². The summed E-state index contributed by atoms with van der Waals surface area (Å²) in [6, 6.07) is 2.75. The first kappa shape index (κ1) is 53.4. The highest BCUT2D eigenvalue weighted by Crippen LogP contribution is 2.26. The predicted molar refractivity (Wildman–Crippen MR) is 251 cm³/mol. The molecule has 0 heterocycles. The zero-order valence-corrected chi connectivity index (χ0v) is 40.5. The lowest BCUT2D eigenvalue weighted by molar-refractivity contribution is 0.510. The maximum Gasteiger partial charge on any atom is 0.173 e. The summed E-state index contributed by atoms with van der Waals surface area (Å²) >= 11 is 0. The second-order valence-electron chi connectivity index (χ2n) is 19.3. The Hall–Kier alpha value is 0.394. The molecule has 0 saturated carbocycles. The van der Waals surface area contributed by atoms with Crippen molar-refractivity contribution in [2.75, 3.05) is 0 Å². The summed E-state index contributed by atoms with van der Waals surface area (Å²) in [5, 5.41) is 0. The topological polar surface area (TPSA) is 9.23 Å². The van der Waals surface area contributed by atoms with Gasteiger partial charge in [0, 0.05) is 0 Å². The molecule has 0 amide bonds. The molecule has 0 aromatic heterocycles. The monoisotopic (exact) mass is 779 g/mol. The second kappa shape index (κ2) is 42.0. The SMILES string of the molecule is CCCCCCCCCCCCCCCCCCCCCCC[Si](C)(C)O[Si](C)(C)CCCCCCCCCCCCCCCCCCCCCCC. The van der Waals surface area contributed by atoms with Crippen LogP contribution in [0.5, 0.6) is 0 Å². The zero-order valence-electron chi connectivity index (χ0n) is 38.5. The van der Waals surface area contributed by atoms with Crippen LogP contribution in [0.1, 0.15) is 284 Å². The van der Waals surface area contributed by atoms with Crippen LogP contribution >= 0.6 is 0 Å². The van der Waals surface area contributed by atoms with E-state index in [-0.39, 0.29) is 0 Å². The van der Waals surface area contributed by atoms with Crippen LogP contribution in [0.25, 0.3) is 0 Å². The summed E-state index contributed by atoms with van der Waals surface area (Å²) in [5.41, 5.74) is 0. The highest BCUT2D eigenvalue weighted by molar-refractivity contribution is 6.84. The average molecular weight is 780 g/mol. The average Bonchev–Trinajstić information content (AvgIpc) is 3.12. The van der Waals surface area contributed by atoms with Gasteiger partial charge in [-0.05, 0) is 38.3 Å². The Labute approximate surface area is 341 Å². The third-order valence-corrected chi connectivity index (χ3v) is 19.9. The van der Waals surface area contributed by atoms with E-state index < -0.39 is 16.6 Å². The van der Waals surface area contributed by atoms with Gasteiger partial charge in [0.05, 0.1) is 0 Å². The molecule has 0 aromatic carbocycles. The third-order valence-electron chi connectivity index (χ3n) is 12.3. The maximum atomic E-state index is 6.99. The minimum absolute atomic E-state index is 1.37. The molecule has 0 radical (unpaired) electrons. The van der Waals surface area contributed by atoms with Crippen molar-refractivity contribution < 1.29 is 4.12 Å². The van der Waals surface area contributed by atoms with Gasteiger partial charge in [-0.15, -0.1) is 0 Å². The summed E-state index contributed by atoms with van der Waals surface area (Å²) in [6.07, 6.45) is 61.5. The summed E-state index contributed by atoms with van der Waals surface area (Å²) in [5.74, 6) is 0. The van der Waals surface area contributed by atoms with Gasteiger partial charge in [0.25, 0.3) is 0 Å². The van der Waals surface area contributed by atoms with Crippen molar-refractivity contribution >= 4 is 16.6 Å². The predicted octanol–water partition coefficient (Wildman–Crippen LogP) is 19.8. The molecule has 0 aliphatic rings. The van der Waals surface area contributed by atoms with Gasteiger partial charge in [-0.1, -0.05) is 284 Å². The first-order valence-electron chi connectivity index (χ1n) is 25.5. The number of unbranched alkanes of at least 4 members (excludes halogenated alkanes) is 40. The van der Waals surface area contributed by atoms with Crippen LogP contribution in [0.15, 0.2) is 0 Å². The largest absolute Gasteiger partial charge is 0.455 e. The van der Waals surface area contributed by atoms with E-state index in [4.69, 9.17) is 4.12 Å². The van der Waals surface area contributed by atoms with Gasteiger partial charge in [-0.3, -0.25) is 0 Å². The Morgan fingerprint density at radius 3 is 0.491 bits per heavy atom. The maximum absolute atomic E-state index is 6.99. The van der Waals surface area contributed by atoms with E-state index in [1.165, 1.54) is 282 Å². The van der Waals surface area contributed by atoms with Crippen molar-refractivity contribution in [3.8, 4) is 0 Å². The van der Waals surface area contributed by atoms with E-state index in [9.17, 15) is 0 Å². The van der Waals surface area contributed by atoms with Crippen LogP contribution in [0.3, 0.4) is 0 Å². The Kier molecular flexibility index (Phi) is 42.3. The zero-order chi connectivity index (χ0) is 38.8. The summed E-state index contributed by atoms with van der Waals surface area (Å²) in [4.78, 5) is 0. The summed E-state index contributed by atoms with van der Waals surface area (Å²) in [6.45, 7) is 14.7. The van der Waals surface area contributed by atoms with Gasteiger partial charge < -0.3 is 4.12 Å². The van der Waals surface area contributed by atoms with Gasteiger partial charge in [-0.2, -0.15) is 0 Å². The fourth-order valence-electron chi connectivity index (χ4n) is 8.82. The molecule has 320 valence electrons. The fraction of sp³-hybridized carbons (Fsp3) is 1.00. The van der Waals surface area contributed by atoms with Gasteiger partial charge in [-0.25, -0.2) is 0 Å². The van der Waals surface area contributed by atoms with E-state index in [1.807, 2.05) is 0 Å². The van der Waals surface area contributed by atoms with Crippen molar-refractivity contribution in [1.29, 1.82) is 0 Å². The molecule has 0 N–H and O–H groups in total. The van der Waals surface area contributed by atoms with E-state index >= 15 is 0 Å². The lowest BCUT2D eigenvalue weighted by atomic mass is 10.0. The van der Waals surface area contributed by atoms with Crippen LogP contribution < -0.4 is 0 Å². The standard InChI is InChI=1S/C50H106OSi2/c1-7-9-11-13-15-17-19-21-23-25-27-29-31-33-35-37-39-41-43-45-47-49-52(3,4)51-53(5,6)50-48-46-44-42-40-38-36-34-32-30-28-26-24-22-20-18-16-14-12-10-8-2/h7-50H2,1-6H3. The van der Waals surface area contributed by atoms with Crippen molar-refractivity contribution in [1.82, 2.24) is 0 Å². The molecule has 53 heavy (non-hydrogen) atoms. The third kappa shape index (κ3) is 45.0. The minimum atomic E-state index is -1.51. The van der Waals surface area contributed by atoms with Gasteiger partial charge in [0.15, 0.2) is 16.6 Å². The lowest BCUT2D eigenvalue weighted by Gasteiger charge is -2.34. The highest BCUT2D eigenvalue weighted by Gasteiger charge is 2.32.